The van der Waals surface area contributed by atoms with E-state index in [1.54, 1.807) is 36.5 Å². The Hall–Kier alpha value is -2.89. The third kappa shape index (κ3) is 5.06. The van der Waals surface area contributed by atoms with Gasteiger partial charge >= 0.3 is 5.97 Å². The van der Waals surface area contributed by atoms with Crippen molar-refractivity contribution in [2.24, 2.45) is 0 Å². The molecule has 3 rings (SSSR count). The summed E-state index contributed by atoms with van der Waals surface area (Å²) in [6.45, 7) is 0. The van der Waals surface area contributed by atoms with E-state index in [1.165, 1.54) is 32.8 Å². The number of nitrogens with zero attached hydrogens (tertiary/aromatic N) is 1. The van der Waals surface area contributed by atoms with Gasteiger partial charge in [0, 0.05) is 12.2 Å². The molecule has 1 fully saturated rings. The summed E-state index contributed by atoms with van der Waals surface area (Å²) in [4.78, 5) is 28.6. The maximum Gasteiger partial charge on any atom is 0.339 e. The molecule has 1 saturated carbocycles. The third-order valence-electron chi connectivity index (χ3n) is 4.81. The van der Waals surface area contributed by atoms with E-state index in [2.05, 4.69) is 15.6 Å². The van der Waals surface area contributed by atoms with E-state index in [0.29, 0.717) is 22.6 Å². The molecule has 6 nitrogen and oxygen atoms in total. The molecule has 27 heavy (non-hydrogen) atoms. The standard InChI is InChI=1S/C21H25N3O3/c1-27-21(26)17-10-6-7-11-18(17)24-19-13-12-15(14-22-19)20(25)23-16-8-4-2-3-5-9-16/h6-7,10-14,16H,2-5,8-9H2,1H3,(H,22,24)(H,23,25). The second-order valence-corrected chi connectivity index (χ2v) is 6.76. The van der Waals surface area contributed by atoms with Crippen LogP contribution in [0.2, 0.25) is 0 Å². The van der Waals surface area contributed by atoms with Gasteiger partial charge in [-0.25, -0.2) is 9.78 Å². The predicted octanol–water partition coefficient (Wildman–Crippen LogP) is 4.06. The lowest BCUT2D eigenvalue weighted by Crippen LogP contribution is -2.34. The van der Waals surface area contributed by atoms with Crippen LogP contribution >= 0.6 is 0 Å². The van der Waals surface area contributed by atoms with Crippen molar-refractivity contribution in [3.05, 3.63) is 53.7 Å². The van der Waals surface area contributed by atoms with Crippen molar-refractivity contribution in [3.8, 4) is 0 Å². The Morgan fingerprint density at radius 3 is 2.44 bits per heavy atom. The summed E-state index contributed by atoms with van der Waals surface area (Å²) in [6, 6.07) is 10.8. The molecule has 1 amide bonds. The van der Waals surface area contributed by atoms with Gasteiger partial charge in [0.2, 0.25) is 0 Å². The van der Waals surface area contributed by atoms with Gasteiger partial charge < -0.3 is 15.4 Å². The quantitative estimate of drug-likeness (QED) is 0.615. The molecule has 0 radical (unpaired) electrons. The van der Waals surface area contributed by atoms with Crippen molar-refractivity contribution >= 4 is 23.4 Å². The molecular formula is C21H25N3O3. The van der Waals surface area contributed by atoms with Crippen molar-refractivity contribution in [1.82, 2.24) is 10.3 Å². The maximum absolute atomic E-state index is 12.4. The summed E-state index contributed by atoms with van der Waals surface area (Å²) < 4.78 is 4.79. The Morgan fingerprint density at radius 1 is 1.04 bits per heavy atom. The first-order valence-corrected chi connectivity index (χ1v) is 9.38. The average Bonchev–Trinajstić information content (AvgIpc) is 2.97. The highest BCUT2D eigenvalue weighted by Gasteiger charge is 2.16. The van der Waals surface area contributed by atoms with Crippen LogP contribution in [0.4, 0.5) is 11.5 Å². The van der Waals surface area contributed by atoms with E-state index < -0.39 is 5.97 Å². The molecule has 2 N–H and O–H groups in total. The zero-order valence-electron chi connectivity index (χ0n) is 15.5. The minimum atomic E-state index is -0.419. The Labute approximate surface area is 159 Å². The predicted molar refractivity (Wildman–Crippen MR) is 104 cm³/mol. The van der Waals surface area contributed by atoms with Gasteiger partial charge in [-0.15, -0.1) is 0 Å². The number of hydrogen-bond donors (Lipinski definition) is 2. The second kappa shape index (κ2) is 9.16. The van der Waals surface area contributed by atoms with E-state index in [1.807, 2.05) is 6.07 Å². The Bertz CT molecular complexity index is 782. The molecule has 142 valence electrons. The van der Waals surface area contributed by atoms with Crippen molar-refractivity contribution in [2.75, 3.05) is 12.4 Å². The number of benzene rings is 1. The number of methoxy groups -OCH3 is 1. The highest BCUT2D eigenvalue weighted by atomic mass is 16.5. The van der Waals surface area contributed by atoms with Crippen LogP contribution in [0.3, 0.4) is 0 Å². The number of rotatable bonds is 5. The van der Waals surface area contributed by atoms with Crippen LogP contribution in [0.5, 0.6) is 0 Å². The van der Waals surface area contributed by atoms with Crippen molar-refractivity contribution < 1.29 is 14.3 Å². The minimum Gasteiger partial charge on any atom is -0.465 e. The molecule has 0 atom stereocenters. The summed E-state index contributed by atoms with van der Waals surface area (Å²) in [5.41, 5.74) is 1.57. The van der Waals surface area contributed by atoms with E-state index in [9.17, 15) is 9.59 Å². The van der Waals surface area contributed by atoms with Crippen LogP contribution < -0.4 is 10.6 Å². The topological polar surface area (TPSA) is 80.3 Å². The lowest BCUT2D eigenvalue weighted by Gasteiger charge is -2.16. The van der Waals surface area contributed by atoms with Gasteiger partial charge in [0.05, 0.1) is 23.9 Å². The lowest BCUT2D eigenvalue weighted by atomic mass is 10.1. The number of pyridine rings is 1. The summed E-state index contributed by atoms with van der Waals surface area (Å²) in [5.74, 6) is 0.0470. The third-order valence-corrected chi connectivity index (χ3v) is 4.81. The number of anilines is 2. The van der Waals surface area contributed by atoms with Gasteiger partial charge in [-0.05, 0) is 37.1 Å². The largest absolute Gasteiger partial charge is 0.465 e. The normalized spacial score (nSPS) is 14.9. The van der Waals surface area contributed by atoms with E-state index >= 15 is 0 Å². The molecule has 1 aliphatic carbocycles. The summed E-state index contributed by atoms with van der Waals surface area (Å²) >= 11 is 0. The van der Waals surface area contributed by atoms with Crippen LogP contribution in [0.1, 0.15) is 59.2 Å². The Morgan fingerprint density at radius 2 is 1.78 bits per heavy atom. The number of nitrogens with one attached hydrogen (secondary N) is 2. The molecule has 0 bridgehead atoms. The van der Waals surface area contributed by atoms with Crippen molar-refractivity contribution in [2.45, 2.75) is 44.6 Å². The first-order chi connectivity index (χ1) is 13.2. The molecule has 0 saturated heterocycles. The Balaban J connectivity index is 1.65. The molecule has 0 aliphatic heterocycles. The number of para-hydroxylation sites is 1. The van der Waals surface area contributed by atoms with Gasteiger partial charge in [-0.1, -0.05) is 37.8 Å². The minimum absolute atomic E-state index is 0.0871. The van der Waals surface area contributed by atoms with Crippen LogP contribution in [0, 0.1) is 0 Å². The SMILES string of the molecule is COC(=O)c1ccccc1Nc1ccc(C(=O)NC2CCCCCC2)cn1. The number of carbonyl (C=O) groups excluding carboxylic acids is 2. The second-order valence-electron chi connectivity index (χ2n) is 6.76. The van der Waals surface area contributed by atoms with Gasteiger partial charge in [0.25, 0.3) is 5.91 Å². The van der Waals surface area contributed by atoms with Gasteiger partial charge in [0.15, 0.2) is 0 Å². The molecule has 2 aromatic rings. The molecule has 0 unspecified atom stereocenters. The van der Waals surface area contributed by atoms with Gasteiger partial charge in [0.1, 0.15) is 5.82 Å². The number of carbonyl (C=O) groups is 2. The fraction of sp³-hybridized carbons (Fsp3) is 0.381. The van der Waals surface area contributed by atoms with Crippen LogP contribution in [-0.4, -0.2) is 30.0 Å². The fourth-order valence-corrected chi connectivity index (χ4v) is 3.31. The molecular weight excluding hydrogens is 342 g/mol. The van der Waals surface area contributed by atoms with Gasteiger partial charge in [-0.3, -0.25) is 4.79 Å². The zero-order valence-corrected chi connectivity index (χ0v) is 15.5. The van der Waals surface area contributed by atoms with Crippen LogP contribution in [0.25, 0.3) is 0 Å². The fourth-order valence-electron chi connectivity index (χ4n) is 3.31. The molecule has 1 aliphatic rings. The number of amides is 1. The number of ether oxygens (including phenoxy) is 1. The first kappa shape index (κ1) is 18.9. The average molecular weight is 367 g/mol. The number of hydrogen-bond acceptors (Lipinski definition) is 5. The van der Waals surface area contributed by atoms with Crippen LogP contribution in [0.15, 0.2) is 42.6 Å². The number of esters is 1. The molecule has 1 aromatic heterocycles. The molecule has 1 aromatic carbocycles. The summed E-state index contributed by atoms with van der Waals surface area (Å²) in [5, 5.41) is 6.22. The lowest BCUT2D eigenvalue weighted by molar-refractivity contribution is 0.0601. The smallest absolute Gasteiger partial charge is 0.339 e. The van der Waals surface area contributed by atoms with Crippen molar-refractivity contribution in [3.63, 3.8) is 0 Å². The molecule has 1 heterocycles. The van der Waals surface area contributed by atoms with Gasteiger partial charge in [-0.2, -0.15) is 0 Å². The maximum atomic E-state index is 12.4. The van der Waals surface area contributed by atoms with Crippen molar-refractivity contribution in [1.29, 1.82) is 0 Å². The highest BCUT2D eigenvalue weighted by molar-refractivity contribution is 5.96. The summed E-state index contributed by atoms with van der Waals surface area (Å²) in [7, 11) is 1.35. The Kier molecular flexibility index (Phi) is 6.41. The monoisotopic (exact) mass is 367 g/mol. The highest BCUT2D eigenvalue weighted by Crippen LogP contribution is 2.21. The van der Waals surface area contributed by atoms with Crippen LogP contribution in [-0.2, 0) is 4.74 Å². The van der Waals surface area contributed by atoms with E-state index in [4.69, 9.17) is 4.74 Å². The van der Waals surface area contributed by atoms with E-state index in [-0.39, 0.29) is 11.9 Å². The number of aromatic nitrogens is 1. The first-order valence-electron chi connectivity index (χ1n) is 9.38. The summed E-state index contributed by atoms with van der Waals surface area (Å²) in [6.07, 6.45) is 8.49. The molecule has 0 spiro atoms. The van der Waals surface area contributed by atoms with E-state index in [0.717, 1.165) is 12.8 Å². The zero-order chi connectivity index (χ0) is 19.1. The molecule has 6 heteroatoms.